The van der Waals surface area contributed by atoms with Gasteiger partial charge in [0.1, 0.15) is 21.7 Å². The SMILES string of the molecule is CCN(CC)c1nc(F)c(Cl)c2c1nc1c(C)cccn12. The van der Waals surface area contributed by atoms with Gasteiger partial charge in [-0.25, -0.2) is 4.98 Å². The van der Waals surface area contributed by atoms with Gasteiger partial charge < -0.3 is 4.90 Å². The highest BCUT2D eigenvalue weighted by atomic mass is 35.5. The maximum atomic E-state index is 14.1. The van der Waals surface area contributed by atoms with Gasteiger partial charge in [0.05, 0.1) is 0 Å². The number of hydrogen-bond acceptors (Lipinski definition) is 3. The third kappa shape index (κ3) is 2.03. The van der Waals surface area contributed by atoms with Crippen molar-refractivity contribution >= 4 is 34.1 Å². The lowest BCUT2D eigenvalue weighted by Crippen LogP contribution is -2.23. The Morgan fingerprint density at radius 1 is 1.29 bits per heavy atom. The van der Waals surface area contributed by atoms with Crippen molar-refractivity contribution in [2.24, 2.45) is 0 Å². The summed E-state index contributed by atoms with van der Waals surface area (Å²) >= 11 is 6.14. The Morgan fingerprint density at radius 3 is 2.67 bits per heavy atom. The first-order valence-corrected chi connectivity index (χ1v) is 7.33. The molecule has 3 aromatic heterocycles. The van der Waals surface area contributed by atoms with Crippen LogP contribution < -0.4 is 4.90 Å². The summed E-state index contributed by atoms with van der Waals surface area (Å²) in [6, 6.07) is 3.87. The van der Waals surface area contributed by atoms with Crippen molar-refractivity contribution in [2.45, 2.75) is 20.8 Å². The molecule has 3 aromatic rings. The van der Waals surface area contributed by atoms with Crippen molar-refractivity contribution < 1.29 is 4.39 Å². The van der Waals surface area contributed by atoms with E-state index in [-0.39, 0.29) is 5.02 Å². The number of hydrogen-bond donors (Lipinski definition) is 0. The summed E-state index contributed by atoms with van der Waals surface area (Å²) in [6.45, 7) is 7.43. The number of rotatable bonds is 3. The van der Waals surface area contributed by atoms with Crippen LogP contribution in [0.25, 0.3) is 16.7 Å². The topological polar surface area (TPSA) is 33.4 Å². The van der Waals surface area contributed by atoms with E-state index in [1.54, 1.807) is 0 Å². The maximum Gasteiger partial charge on any atom is 0.235 e. The van der Waals surface area contributed by atoms with Gasteiger partial charge in [-0.15, -0.1) is 0 Å². The van der Waals surface area contributed by atoms with Crippen molar-refractivity contribution in [1.29, 1.82) is 0 Å². The molecule has 6 heteroatoms. The van der Waals surface area contributed by atoms with Crippen molar-refractivity contribution in [1.82, 2.24) is 14.4 Å². The molecule has 0 fully saturated rings. The number of aryl methyl sites for hydroxylation is 1. The highest BCUT2D eigenvalue weighted by Gasteiger charge is 2.21. The van der Waals surface area contributed by atoms with Gasteiger partial charge in [-0.3, -0.25) is 4.40 Å². The van der Waals surface area contributed by atoms with E-state index in [0.29, 0.717) is 16.9 Å². The first kappa shape index (κ1) is 14.1. The van der Waals surface area contributed by atoms with Gasteiger partial charge in [-0.1, -0.05) is 17.7 Å². The first-order valence-electron chi connectivity index (χ1n) is 6.95. The van der Waals surface area contributed by atoms with Gasteiger partial charge in [-0.05, 0) is 32.4 Å². The van der Waals surface area contributed by atoms with Crippen molar-refractivity contribution in [3.63, 3.8) is 0 Å². The molecule has 0 aliphatic carbocycles. The van der Waals surface area contributed by atoms with Gasteiger partial charge in [0.2, 0.25) is 5.95 Å². The molecule has 0 N–H and O–H groups in total. The normalized spacial score (nSPS) is 11.5. The fourth-order valence-electron chi connectivity index (χ4n) is 2.61. The lowest BCUT2D eigenvalue weighted by Gasteiger charge is -2.20. The second-order valence-corrected chi connectivity index (χ2v) is 5.28. The lowest BCUT2D eigenvalue weighted by molar-refractivity contribution is 0.584. The molecule has 0 saturated heterocycles. The molecule has 0 unspecified atom stereocenters. The summed E-state index contributed by atoms with van der Waals surface area (Å²) in [5, 5.41) is 0.0130. The Hall–Kier alpha value is -1.88. The van der Waals surface area contributed by atoms with Crippen LogP contribution in [0, 0.1) is 12.9 Å². The van der Waals surface area contributed by atoms with Crippen LogP contribution in [0.2, 0.25) is 5.02 Å². The molecule has 0 saturated carbocycles. The van der Waals surface area contributed by atoms with Gasteiger partial charge in [0.25, 0.3) is 0 Å². The highest BCUT2D eigenvalue weighted by Crippen LogP contribution is 2.33. The summed E-state index contributed by atoms with van der Waals surface area (Å²) in [7, 11) is 0. The van der Waals surface area contributed by atoms with Gasteiger partial charge in [-0.2, -0.15) is 9.37 Å². The average Bonchev–Trinajstić information content (AvgIpc) is 2.86. The molecule has 0 aromatic carbocycles. The van der Waals surface area contributed by atoms with Crippen LogP contribution in [-0.2, 0) is 0 Å². The van der Waals surface area contributed by atoms with Crippen LogP contribution in [0.1, 0.15) is 19.4 Å². The second kappa shape index (κ2) is 5.15. The number of nitrogens with zero attached hydrogens (tertiary/aromatic N) is 4. The van der Waals surface area contributed by atoms with E-state index in [9.17, 15) is 4.39 Å². The Bertz CT molecular complexity index is 824. The number of imidazole rings is 1. The summed E-state index contributed by atoms with van der Waals surface area (Å²) < 4.78 is 16.0. The number of halogens is 2. The third-order valence-corrected chi connectivity index (χ3v) is 4.05. The molecule has 0 spiro atoms. The molecule has 0 radical (unpaired) electrons. The van der Waals surface area contributed by atoms with Crippen LogP contribution in [0.15, 0.2) is 18.3 Å². The molecular formula is C15H16ClFN4. The average molecular weight is 307 g/mol. The fourth-order valence-corrected chi connectivity index (χ4v) is 2.83. The van der Waals surface area contributed by atoms with E-state index in [1.807, 2.05) is 48.4 Å². The first-order chi connectivity index (χ1) is 10.1. The number of anilines is 1. The van der Waals surface area contributed by atoms with Gasteiger partial charge in [0.15, 0.2) is 5.82 Å². The Balaban J connectivity index is 2.48. The molecule has 0 amide bonds. The number of aromatic nitrogens is 3. The standard InChI is InChI=1S/C15H16ClFN4/c1-4-20(5-2)15-11-12(10(16)13(17)19-15)21-8-6-7-9(3)14(21)18-11/h6-8H,4-5H2,1-3H3. The van der Waals surface area contributed by atoms with E-state index < -0.39 is 5.95 Å². The van der Waals surface area contributed by atoms with E-state index in [2.05, 4.69) is 9.97 Å². The van der Waals surface area contributed by atoms with Crippen molar-refractivity contribution in [3.8, 4) is 0 Å². The highest BCUT2D eigenvalue weighted by molar-refractivity contribution is 6.35. The van der Waals surface area contributed by atoms with Crippen LogP contribution >= 0.6 is 11.6 Å². The molecule has 0 aliphatic heterocycles. The quantitative estimate of drug-likeness (QED) is 0.690. The molecule has 0 aliphatic rings. The predicted octanol–water partition coefficient (Wildman–Crippen LogP) is 3.83. The van der Waals surface area contributed by atoms with E-state index in [4.69, 9.17) is 11.6 Å². The van der Waals surface area contributed by atoms with E-state index in [1.165, 1.54) is 0 Å². The minimum absolute atomic E-state index is 0.0130. The minimum Gasteiger partial charge on any atom is -0.355 e. The maximum absolute atomic E-state index is 14.1. The van der Waals surface area contributed by atoms with E-state index >= 15 is 0 Å². The van der Waals surface area contributed by atoms with Crippen LogP contribution in [0.4, 0.5) is 10.2 Å². The molecule has 0 atom stereocenters. The molecule has 21 heavy (non-hydrogen) atoms. The number of fused-ring (bicyclic) bond motifs is 3. The fraction of sp³-hybridized carbons (Fsp3) is 0.333. The molecule has 4 nitrogen and oxygen atoms in total. The predicted molar refractivity (Wildman–Crippen MR) is 83.8 cm³/mol. The summed E-state index contributed by atoms with van der Waals surface area (Å²) in [6.07, 6.45) is 1.84. The number of pyridine rings is 2. The molecule has 110 valence electrons. The summed E-state index contributed by atoms with van der Waals surface area (Å²) in [4.78, 5) is 10.6. The zero-order valence-electron chi connectivity index (χ0n) is 12.2. The molecule has 3 rings (SSSR count). The van der Waals surface area contributed by atoms with E-state index in [0.717, 1.165) is 24.3 Å². The minimum atomic E-state index is -0.658. The summed E-state index contributed by atoms with van der Waals surface area (Å²) in [5.41, 5.74) is 3.00. The second-order valence-electron chi connectivity index (χ2n) is 4.91. The Morgan fingerprint density at radius 2 is 2.00 bits per heavy atom. The molecular weight excluding hydrogens is 291 g/mol. The third-order valence-electron chi connectivity index (χ3n) is 3.71. The smallest absolute Gasteiger partial charge is 0.235 e. The Labute approximate surface area is 127 Å². The Kier molecular flexibility index (Phi) is 3.45. The zero-order chi connectivity index (χ0) is 15.1. The van der Waals surface area contributed by atoms with Crippen LogP contribution in [0.5, 0.6) is 0 Å². The molecule has 3 heterocycles. The summed E-state index contributed by atoms with van der Waals surface area (Å²) in [5.74, 6) is -0.116. The van der Waals surface area contributed by atoms with Crippen LogP contribution in [-0.4, -0.2) is 27.5 Å². The monoisotopic (exact) mass is 306 g/mol. The van der Waals surface area contributed by atoms with Gasteiger partial charge in [0, 0.05) is 19.3 Å². The van der Waals surface area contributed by atoms with Crippen molar-refractivity contribution in [2.75, 3.05) is 18.0 Å². The lowest BCUT2D eigenvalue weighted by atomic mass is 10.3. The zero-order valence-corrected chi connectivity index (χ0v) is 12.9. The van der Waals surface area contributed by atoms with Gasteiger partial charge >= 0.3 is 0 Å². The largest absolute Gasteiger partial charge is 0.355 e. The van der Waals surface area contributed by atoms with Crippen LogP contribution in [0.3, 0.4) is 0 Å². The molecule has 0 bridgehead atoms. The van der Waals surface area contributed by atoms with Crippen molar-refractivity contribution in [3.05, 3.63) is 34.9 Å².